The highest BCUT2D eigenvalue weighted by Crippen LogP contribution is 2.32. The lowest BCUT2D eigenvalue weighted by molar-refractivity contribution is 0.472. The maximum atomic E-state index is 9.94. The van der Waals surface area contributed by atoms with E-state index in [9.17, 15) is 5.11 Å². The number of phenolic OH excluding ortho intramolecular Hbond substituents is 1. The molecule has 0 heterocycles. The monoisotopic (exact) mass is 254 g/mol. The van der Waals surface area contributed by atoms with Crippen LogP contribution in [-0.4, -0.2) is 5.11 Å². The van der Waals surface area contributed by atoms with E-state index in [1.165, 1.54) is 11.1 Å². The van der Waals surface area contributed by atoms with Crippen molar-refractivity contribution < 1.29 is 5.11 Å². The van der Waals surface area contributed by atoms with Crippen molar-refractivity contribution in [3.05, 3.63) is 52.6 Å². The summed E-state index contributed by atoms with van der Waals surface area (Å²) in [6.45, 7) is 7.94. The molecule has 2 aromatic rings. The van der Waals surface area contributed by atoms with Crippen LogP contribution in [0.15, 0.2) is 40.6 Å². The predicted molar refractivity (Wildman–Crippen MR) is 77.7 cm³/mol. The summed E-state index contributed by atoms with van der Waals surface area (Å²) in [5, 5.41) is 18.3. The Labute approximate surface area is 113 Å². The van der Waals surface area contributed by atoms with Gasteiger partial charge in [-0.25, -0.2) is 0 Å². The molecule has 2 rings (SSSR count). The van der Waals surface area contributed by atoms with E-state index in [2.05, 4.69) is 17.2 Å². The van der Waals surface area contributed by atoms with Gasteiger partial charge in [-0.2, -0.15) is 5.11 Å². The number of rotatable bonds is 2. The summed E-state index contributed by atoms with van der Waals surface area (Å²) in [7, 11) is 0. The van der Waals surface area contributed by atoms with Crippen molar-refractivity contribution >= 4 is 11.4 Å². The Morgan fingerprint density at radius 1 is 0.789 bits per heavy atom. The maximum Gasteiger partial charge on any atom is 0.146 e. The zero-order valence-corrected chi connectivity index (χ0v) is 11.7. The normalized spacial score (nSPS) is 11.2. The van der Waals surface area contributed by atoms with Crippen LogP contribution in [0, 0.1) is 27.7 Å². The van der Waals surface area contributed by atoms with E-state index < -0.39 is 0 Å². The molecule has 3 heteroatoms. The highest BCUT2D eigenvalue weighted by Gasteiger charge is 2.04. The van der Waals surface area contributed by atoms with Crippen LogP contribution >= 0.6 is 0 Å². The molecule has 2 aromatic carbocycles. The van der Waals surface area contributed by atoms with Crippen molar-refractivity contribution in [3.63, 3.8) is 0 Å². The number of hydrogen-bond donors (Lipinski definition) is 1. The van der Waals surface area contributed by atoms with Gasteiger partial charge in [-0.1, -0.05) is 12.1 Å². The lowest BCUT2D eigenvalue weighted by Crippen LogP contribution is -1.79. The summed E-state index contributed by atoms with van der Waals surface area (Å²) in [6.07, 6.45) is 0. The summed E-state index contributed by atoms with van der Waals surface area (Å²) in [5.74, 6) is 0.193. The van der Waals surface area contributed by atoms with Crippen LogP contribution in [0.5, 0.6) is 5.75 Å². The third kappa shape index (κ3) is 2.99. The van der Waals surface area contributed by atoms with Crippen molar-refractivity contribution in [2.45, 2.75) is 27.7 Å². The molecule has 0 unspecified atom stereocenters. The van der Waals surface area contributed by atoms with Gasteiger partial charge in [0.15, 0.2) is 0 Å². The van der Waals surface area contributed by atoms with Crippen molar-refractivity contribution in [2.24, 2.45) is 10.2 Å². The second-order valence-corrected chi connectivity index (χ2v) is 4.92. The molecule has 1 N–H and O–H groups in total. The summed E-state index contributed by atoms with van der Waals surface area (Å²) in [5.41, 5.74) is 5.59. The maximum absolute atomic E-state index is 9.94. The minimum atomic E-state index is 0.193. The van der Waals surface area contributed by atoms with Gasteiger partial charge in [-0.3, -0.25) is 0 Å². The Morgan fingerprint density at radius 2 is 1.53 bits per heavy atom. The number of benzene rings is 2. The fourth-order valence-electron chi connectivity index (χ4n) is 1.91. The van der Waals surface area contributed by atoms with E-state index in [-0.39, 0.29) is 5.75 Å². The smallest absolute Gasteiger partial charge is 0.146 e. The van der Waals surface area contributed by atoms with Gasteiger partial charge in [-0.05, 0) is 68.1 Å². The summed E-state index contributed by atoms with van der Waals surface area (Å²) < 4.78 is 0. The molecule has 0 amide bonds. The van der Waals surface area contributed by atoms with Gasteiger partial charge in [-0.15, -0.1) is 5.11 Å². The standard InChI is InChI=1S/C16H18N2O/c1-10-7-13(4)16(19)15(8-10)18-17-14-6-5-11(2)12(3)9-14/h5-9,19H,1-4H3. The van der Waals surface area contributed by atoms with E-state index in [1.54, 1.807) is 0 Å². The van der Waals surface area contributed by atoms with E-state index >= 15 is 0 Å². The van der Waals surface area contributed by atoms with Crippen molar-refractivity contribution in [2.75, 3.05) is 0 Å². The molecule has 0 aliphatic carbocycles. The number of azo groups is 1. The summed E-state index contributed by atoms with van der Waals surface area (Å²) >= 11 is 0. The molecule has 98 valence electrons. The fourth-order valence-corrected chi connectivity index (χ4v) is 1.91. The number of phenols is 1. The highest BCUT2D eigenvalue weighted by molar-refractivity contribution is 5.57. The van der Waals surface area contributed by atoms with E-state index in [4.69, 9.17) is 0 Å². The molecule has 0 fully saturated rings. The number of aromatic hydroxyl groups is 1. The average Bonchev–Trinajstić information content (AvgIpc) is 2.36. The Balaban J connectivity index is 2.35. The zero-order chi connectivity index (χ0) is 14.0. The van der Waals surface area contributed by atoms with Crippen LogP contribution < -0.4 is 0 Å². The molecule has 0 atom stereocenters. The first-order valence-electron chi connectivity index (χ1n) is 6.26. The van der Waals surface area contributed by atoms with Gasteiger partial charge >= 0.3 is 0 Å². The van der Waals surface area contributed by atoms with Crippen LogP contribution in [0.4, 0.5) is 11.4 Å². The lowest BCUT2D eigenvalue weighted by Gasteiger charge is -2.04. The number of hydrogen-bond acceptors (Lipinski definition) is 3. The summed E-state index contributed by atoms with van der Waals surface area (Å²) in [6, 6.07) is 9.67. The van der Waals surface area contributed by atoms with Gasteiger partial charge in [0.1, 0.15) is 11.4 Å². The van der Waals surface area contributed by atoms with Crippen LogP contribution in [0.3, 0.4) is 0 Å². The Morgan fingerprint density at radius 3 is 2.21 bits per heavy atom. The molecule has 0 bridgehead atoms. The SMILES string of the molecule is Cc1cc(C)c(O)c(N=Nc2ccc(C)c(C)c2)c1. The first-order valence-corrected chi connectivity index (χ1v) is 6.26. The van der Waals surface area contributed by atoms with E-state index in [0.717, 1.165) is 16.8 Å². The molecule has 3 nitrogen and oxygen atoms in total. The van der Waals surface area contributed by atoms with Gasteiger partial charge in [0.05, 0.1) is 5.69 Å². The van der Waals surface area contributed by atoms with Crippen LogP contribution in [0.1, 0.15) is 22.3 Å². The third-order valence-electron chi connectivity index (χ3n) is 3.19. The number of nitrogens with zero attached hydrogens (tertiary/aromatic N) is 2. The van der Waals surface area contributed by atoms with Crippen molar-refractivity contribution in [1.29, 1.82) is 0 Å². The van der Waals surface area contributed by atoms with Gasteiger partial charge in [0.25, 0.3) is 0 Å². The molecular weight excluding hydrogens is 236 g/mol. The van der Waals surface area contributed by atoms with Crippen molar-refractivity contribution in [1.82, 2.24) is 0 Å². The molecule has 0 saturated heterocycles. The second-order valence-electron chi connectivity index (χ2n) is 4.92. The Bertz CT molecular complexity index is 645. The fraction of sp³-hybridized carbons (Fsp3) is 0.250. The second kappa shape index (κ2) is 5.22. The molecule has 0 aliphatic heterocycles. The minimum absolute atomic E-state index is 0.193. The van der Waals surface area contributed by atoms with Gasteiger partial charge in [0.2, 0.25) is 0 Å². The van der Waals surface area contributed by atoms with Crippen LogP contribution in [0.25, 0.3) is 0 Å². The molecular formula is C16H18N2O. The first-order chi connectivity index (χ1) is 8.97. The minimum Gasteiger partial charge on any atom is -0.505 e. The highest BCUT2D eigenvalue weighted by atomic mass is 16.3. The molecule has 0 saturated carbocycles. The van der Waals surface area contributed by atoms with Crippen LogP contribution in [-0.2, 0) is 0 Å². The molecule has 0 aliphatic rings. The van der Waals surface area contributed by atoms with Crippen molar-refractivity contribution in [3.8, 4) is 5.75 Å². The zero-order valence-electron chi connectivity index (χ0n) is 11.7. The van der Waals surface area contributed by atoms with Crippen LogP contribution in [0.2, 0.25) is 0 Å². The molecule has 0 aromatic heterocycles. The first kappa shape index (κ1) is 13.3. The predicted octanol–water partition coefficient (Wildman–Crippen LogP) is 5.04. The number of aryl methyl sites for hydroxylation is 4. The third-order valence-corrected chi connectivity index (χ3v) is 3.19. The Kier molecular flexibility index (Phi) is 3.65. The molecule has 0 spiro atoms. The van der Waals surface area contributed by atoms with E-state index in [0.29, 0.717) is 5.69 Å². The average molecular weight is 254 g/mol. The van der Waals surface area contributed by atoms with Gasteiger partial charge in [0, 0.05) is 0 Å². The lowest BCUT2D eigenvalue weighted by atomic mass is 10.1. The quantitative estimate of drug-likeness (QED) is 0.749. The topological polar surface area (TPSA) is 45.0 Å². The van der Waals surface area contributed by atoms with E-state index in [1.807, 2.05) is 51.1 Å². The molecule has 19 heavy (non-hydrogen) atoms. The molecule has 0 radical (unpaired) electrons. The summed E-state index contributed by atoms with van der Waals surface area (Å²) in [4.78, 5) is 0. The van der Waals surface area contributed by atoms with Gasteiger partial charge < -0.3 is 5.11 Å². The largest absolute Gasteiger partial charge is 0.505 e. The Hall–Kier alpha value is -2.16.